The predicted molar refractivity (Wildman–Crippen MR) is 124 cm³/mol. The van der Waals surface area contributed by atoms with Crippen molar-refractivity contribution in [3.63, 3.8) is 0 Å². The van der Waals surface area contributed by atoms with Gasteiger partial charge in [-0.15, -0.1) is 0 Å². The van der Waals surface area contributed by atoms with Crippen LogP contribution in [-0.4, -0.2) is 52.4 Å². The van der Waals surface area contributed by atoms with E-state index in [0.717, 1.165) is 24.0 Å². The van der Waals surface area contributed by atoms with E-state index in [9.17, 15) is 4.79 Å². The van der Waals surface area contributed by atoms with E-state index in [2.05, 4.69) is 13.8 Å². The fraction of sp³-hybridized carbons (Fsp3) is 0.480. The minimum absolute atomic E-state index is 0.0198. The molecule has 1 amide bonds. The molecule has 0 saturated heterocycles. The molecular formula is C25H35NO6. The zero-order chi connectivity index (χ0) is 23.5. The largest absolute Gasteiger partial charge is 0.493 e. The highest BCUT2D eigenvalue weighted by molar-refractivity contribution is 5.79. The molecule has 0 fully saturated rings. The van der Waals surface area contributed by atoms with Crippen LogP contribution < -0.4 is 23.7 Å². The van der Waals surface area contributed by atoms with Crippen molar-refractivity contribution in [1.29, 1.82) is 0 Å². The van der Waals surface area contributed by atoms with Gasteiger partial charge < -0.3 is 28.6 Å². The van der Waals surface area contributed by atoms with Crippen molar-refractivity contribution in [3.8, 4) is 28.7 Å². The van der Waals surface area contributed by atoms with E-state index in [1.807, 2.05) is 35.2 Å². The van der Waals surface area contributed by atoms with Crippen molar-refractivity contribution in [3.05, 3.63) is 41.5 Å². The summed E-state index contributed by atoms with van der Waals surface area (Å²) in [7, 11) is 6.31. The standard InChI is InChI=1S/C25H35NO6/c1-7-11-26(17-18-9-10-20(32-12-8-2)21(13-18)28-3)24(27)16-19-14-22(29-4)25(31-6)23(15-19)30-5/h9-10,13-15H,7-8,11-12,16-17H2,1-6H3. The number of amides is 1. The van der Waals surface area contributed by atoms with Crippen LogP contribution in [-0.2, 0) is 17.8 Å². The van der Waals surface area contributed by atoms with Crippen LogP contribution in [0, 0.1) is 0 Å². The minimum atomic E-state index is 0.0198. The number of carbonyl (C=O) groups excluding carboxylic acids is 1. The maximum absolute atomic E-state index is 13.2. The molecule has 2 aromatic carbocycles. The highest BCUT2D eigenvalue weighted by Crippen LogP contribution is 2.38. The number of rotatable bonds is 13. The Labute approximate surface area is 191 Å². The molecule has 7 nitrogen and oxygen atoms in total. The number of methoxy groups -OCH3 is 4. The first kappa shape index (κ1) is 25.2. The van der Waals surface area contributed by atoms with Gasteiger partial charge in [0.15, 0.2) is 23.0 Å². The second-order valence-corrected chi connectivity index (χ2v) is 7.36. The van der Waals surface area contributed by atoms with Gasteiger partial charge in [0.2, 0.25) is 11.7 Å². The van der Waals surface area contributed by atoms with Crippen LogP contribution >= 0.6 is 0 Å². The highest BCUT2D eigenvalue weighted by Gasteiger charge is 2.19. The Bertz CT molecular complexity index is 858. The van der Waals surface area contributed by atoms with Gasteiger partial charge >= 0.3 is 0 Å². The molecule has 0 aliphatic heterocycles. The van der Waals surface area contributed by atoms with E-state index >= 15 is 0 Å². The summed E-state index contributed by atoms with van der Waals surface area (Å²) in [4.78, 5) is 15.0. The molecule has 0 heterocycles. The third-order valence-corrected chi connectivity index (χ3v) is 4.99. The molecule has 0 unspecified atom stereocenters. The summed E-state index contributed by atoms with van der Waals surface area (Å²) < 4.78 is 27.4. The van der Waals surface area contributed by atoms with Gasteiger partial charge in [-0.3, -0.25) is 4.79 Å². The van der Waals surface area contributed by atoms with E-state index in [1.54, 1.807) is 28.4 Å². The number of carbonyl (C=O) groups is 1. The average molecular weight is 446 g/mol. The second kappa shape index (κ2) is 12.7. The quantitative estimate of drug-likeness (QED) is 0.453. The van der Waals surface area contributed by atoms with Gasteiger partial charge in [0, 0.05) is 13.1 Å². The number of hydrogen-bond donors (Lipinski definition) is 0. The van der Waals surface area contributed by atoms with Crippen LogP contribution in [0.3, 0.4) is 0 Å². The van der Waals surface area contributed by atoms with E-state index in [-0.39, 0.29) is 12.3 Å². The molecule has 176 valence electrons. The fourth-order valence-corrected chi connectivity index (χ4v) is 3.45. The monoisotopic (exact) mass is 445 g/mol. The lowest BCUT2D eigenvalue weighted by atomic mass is 10.1. The summed E-state index contributed by atoms with van der Waals surface area (Å²) in [6.07, 6.45) is 2.01. The van der Waals surface area contributed by atoms with Crippen LogP contribution in [0.5, 0.6) is 28.7 Å². The van der Waals surface area contributed by atoms with Crippen molar-refractivity contribution >= 4 is 5.91 Å². The molecule has 0 aliphatic rings. The first-order valence-electron chi connectivity index (χ1n) is 10.9. The molecule has 0 radical (unpaired) electrons. The fourth-order valence-electron chi connectivity index (χ4n) is 3.45. The smallest absolute Gasteiger partial charge is 0.227 e. The van der Waals surface area contributed by atoms with Crippen molar-refractivity contribution < 1.29 is 28.5 Å². The topological polar surface area (TPSA) is 66.5 Å². The summed E-state index contributed by atoms with van der Waals surface area (Å²) in [5.74, 6) is 2.97. The maximum atomic E-state index is 13.2. The van der Waals surface area contributed by atoms with E-state index in [4.69, 9.17) is 23.7 Å². The Morgan fingerprint density at radius 1 is 0.781 bits per heavy atom. The number of ether oxygens (including phenoxy) is 5. The molecule has 7 heteroatoms. The van der Waals surface area contributed by atoms with Crippen molar-refractivity contribution in [2.24, 2.45) is 0 Å². The first-order chi connectivity index (χ1) is 15.5. The molecule has 0 N–H and O–H groups in total. The van der Waals surface area contributed by atoms with Gasteiger partial charge in [-0.1, -0.05) is 19.9 Å². The highest BCUT2D eigenvalue weighted by atomic mass is 16.5. The summed E-state index contributed by atoms with van der Waals surface area (Å²) in [5, 5.41) is 0. The Morgan fingerprint density at radius 2 is 1.41 bits per heavy atom. The van der Waals surface area contributed by atoms with Gasteiger partial charge in [0.05, 0.1) is 41.5 Å². The van der Waals surface area contributed by atoms with Gasteiger partial charge in [-0.2, -0.15) is 0 Å². The van der Waals surface area contributed by atoms with Crippen LogP contribution in [0.4, 0.5) is 0 Å². The molecule has 2 rings (SSSR count). The van der Waals surface area contributed by atoms with E-state index in [1.165, 1.54) is 0 Å². The Kier molecular flexibility index (Phi) is 9.98. The number of hydrogen-bond acceptors (Lipinski definition) is 6. The first-order valence-corrected chi connectivity index (χ1v) is 10.9. The SMILES string of the molecule is CCCOc1ccc(CN(CCC)C(=O)Cc2cc(OC)c(OC)c(OC)c2)cc1OC. The predicted octanol–water partition coefficient (Wildman–Crippen LogP) is 4.49. The van der Waals surface area contributed by atoms with Crippen molar-refractivity contribution in [2.45, 2.75) is 39.7 Å². The summed E-state index contributed by atoms with van der Waals surface area (Å²) in [6.45, 7) is 5.89. The molecular weight excluding hydrogens is 410 g/mol. The van der Waals surface area contributed by atoms with Gasteiger partial charge in [-0.05, 0) is 48.2 Å². The number of nitrogens with zero attached hydrogens (tertiary/aromatic N) is 1. The van der Waals surface area contributed by atoms with Gasteiger partial charge in [0.1, 0.15) is 0 Å². The van der Waals surface area contributed by atoms with Crippen LogP contribution in [0.15, 0.2) is 30.3 Å². The lowest BCUT2D eigenvalue weighted by molar-refractivity contribution is -0.131. The third kappa shape index (κ3) is 6.45. The third-order valence-electron chi connectivity index (χ3n) is 4.99. The van der Waals surface area contributed by atoms with Crippen molar-refractivity contribution in [1.82, 2.24) is 4.90 Å². The molecule has 2 aromatic rings. The second-order valence-electron chi connectivity index (χ2n) is 7.36. The molecule has 0 bridgehead atoms. The molecule has 0 saturated carbocycles. The van der Waals surface area contributed by atoms with Gasteiger partial charge in [-0.25, -0.2) is 0 Å². The van der Waals surface area contributed by atoms with Crippen molar-refractivity contribution in [2.75, 3.05) is 41.6 Å². The lowest BCUT2D eigenvalue weighted by Crippen LogP contribution is -2.32. The Balaban J connectivity index is 2.21. The molecule has 0 spiro atoms. The molecule has 32 heavy (non-hydrogen) atoms. The van der Waals surface area contributed by atoms with Gasteiger partial charge in [0.25, 0.3) is 0 Å². The average Bonchev–Trinajstić information content (AvgIpc) is 2.81. The van der Waals surface area contributed by atoms with Crippen LogP contribution in [0.25, 0.3) is 0 Å². The minimum Gasteiger partial charge on any atom is -0.493 e. The maximum Gasteiger partial charge on any atom is 0.227 e. The number of benzene rings is 2. The van der Waals surface area contributed by atoms with E-state index < -0.39 is 0 Å². The normalized spacial score (nSPS) is 10.4. The molecule has 0 aromatic heterocycles. The van der Waals surface area contributed by atoms with E-state index in [0.29, 0.717) is 48.4 Å². The zero-order valence-electron chi connectivity index (χ0n) is 20.0. The van der Waals surface area contributed by atoms with Crippen LogP contribution in [0.1, 0.15) is 37.8 Å². The Morgan fingerprint density at radius 3 is 1.94 bits per heavy atom. The molecule has 0 aliphatic carbocycles. The summed E-state index contributed by atoms with van der Waals surface area (Å²) >= 11 is 0. The summed E-state index contributed by atoms with van der Waals surface area (Å²) in [5.41, 5.74) is 1.78. The van der Waals surface area contributed by atoms with Crippen LogP contribution in [0.2, 0.25) is 0 Å². The zero-order valence-corrected chi connectivity index (χ0v) is 20.0. The summed E-state index contributed by atoms with van der Waals surface area (Å²) in [6, 6.07) is 9.43. The molecule has 0 atom stereocenters. The lowest BCUT2D eigenvalue weighted by Gasteiger charge is -2.23. The Hall–Kier alpha value is -3.09.